The first kappa shape index (κ1) is 11.9. The topological polar surface area (TPSA) is 47.7 Å². The minimum absolute atomic E-state index is 0.478. The fourth-order valence-electron chi connectivity index (χ4n) is 1.65. The average Bonchev–Trinajstić information content (AvgIpc) is 2.95. The van der Waals surface area contributed by atoms with Gasteiger partial charge in [-0.2, -0.15) is 5.10 Å². The second-order valence-electron chi connectivity index (χ2n) is 4.34. The van der Waals surface area contributed by atoms with Crippen LogP contribution in [0.15, 0.2) is 30.9 Å². The molecule has 0 saturated heterocycles. The van der Waals surface area contributed by atoms with Crippen molar-refractivity contribution in [2.24, 2.45) is 0 Å². The molecule has 2 rings (SSSR count). The molecule has 0 unspecified atom stereocenters. The van der Waals surface area contributed by atoms with Crippen molar-refractivity contribution in [1.82, 2.24) is 24.6 Å². The first-order valence-corrected chi connectivity index (χ1v) is 5.96. The average molecular weight is 233 g/mol. The summed E-state index contributed by atoms with van der Waals surface area (Å²) in [5, 5.41) is 7.56. The predicted molar refractivity (Wildman–Crippen MR) is 66.4 cm³/mol. The van der Waals surface area contributed by atoms with Crippen molar-refractivity contribution in [2.75, 3.05) is 0 Å². The number of hydrogen-bond donors (Lipinski definition) is 1. The Morgan fingerprint density at radius 2 is 2.12 bits per heavy atom. The molecule has 0 spiro atoms. The van der Waals surface area contributed by atoms with Crippen molar-refractivity contribution in [3.05, 3.63) is 36.7 Å². The van der Waals surface area contributed by atoms with E-state index in [1.165, 1.54) is 0 Å². The number of aromatic nitrogens is 4. The van der Waals surface area contributed by atoms with Crippen molar-refractivity contribution in [3.8, 4) is 0 Å². The first-order valence-electron chi connectivity index (χ1n) is 5.96. The Hall–Kier alpha value is -1.62. The number of nitrogens with one attached hydrogen (secondary N) is 1. The van der Waals surface area contributed by atoms with Gasteiger partial charge in [0.25, 0.3) is 0 Å². The molecule has 0 aromatic carbocycles. The standard InChI is InChI=1S/C12H19N5/c1-11(2)14-10-12-13-5-7-16(12)8-9-17-6-3-4-15-17/h3-7,11,14H,8-10H2,1-2H3. The highest BCUT2D eigenvalue weighted by Crippen LogP contribution is 1.99. The number of aryl methyl sites for hydroxylation is 2. The molecule has 92 valence electrons. The van der Waals surface area contributed by atoms with Gasteiger partial charge in [0.05, 0.1) is 13.1 Å². The minimum Gasteiger partial charge on any atom is -0.332 e. The molecule has 0 atom stereocenters. The Morgan fingerprint density at radius 1 is 1.24 bits per heavy atom. The maximum absolute atomic E-state index is 4.36. The van der Waals surface area contributed by atoms with E-state index < -0.39 is 0 Å². The Labute approximate surface area is 101 Å². The molecule has 5 nitrogen and oxygen atoms in total. The Balaban J connectivity index is 1.90. The fraction of sp³-hybridized carbons (Fsp3) is 0.500. The number of rotatable bonds is 6. The van der Waals surface area contributed by atoms with Crippen LogP contribution in [0.4, 0.5) is 0 Å². The van der Waals surface area contributed by atoms with Crippen LogP contribution in [0.2, 0.25) is 0 Å². The summed E-state index contributed by atoms with van der Waals surface area (Å²) in [5.41, 5.74) is 0. The summed E-state index contributed by atoms with van der Waals surface area (Å²) in [6, 6.07) is 2.42. The van der Waals surface area contributed by atoms with Crippen molar-refractivity contribution in [1.29, 1.82) is 0 Å². The lowest BCUT2D eigenvalue weighted by Gasteiger charge is -2.10. The molecule has 2 aromatic heterocycles. The van der Waals surface area contributed by atoms with Gasteiger partial charge >= 0.3 is 0 Å². The highest BCUT2D eigenvalue weighted by atomic mass is 15.3. The van der Waals surface area contributed by atoms with E-state index in [9.17, 15) is 0 Å². The molecule has 0 radical (unpaired) electrons. The molecular formula is C12H19N5. The molecule has 0 aliphatic rings. The SMILES string of the molecule is CC(C)NCc1nccn1CCn1cccn1. The highest BCUT2D eigenvalue weighted by Gasteiger charge is 2.03. The van der Waals surface area contributed by atoms with Crippen LogP contribution in [0.1, 0.15) is 19.7 Å². The number of nitrogens with zero attached hydrogens (tertiary/aromatic N) is 4. The van der Waals surface area contributed by atoms with Gasteiger partial charge in [0, 0.05) is 37.4 Å². The molecule has 2 heterocycles. The molecular weight excluding hydrogens is 214 g/mol. The third-order valence-electron chi connectivity index (χ3n) is 2.60. The van der Waals surface area contributed by atoms with Crippen LogP contribution in [0.3, 0.4) is 0 Å². The zero-order chi connectivity index (χ0) is 12.1. The first-order chi connectivity index (χ1) is 8.25. The molecule has 0 aliphatic heterocycles. The van der Waals surface area contributed by atoms with Crippen molar-refractivity contribution >= 4 is 0 Å². The van der Waals surface area contributed by atoms with Crippen LogP contribution in [-0.4, -0.2) is 25.4 Å². The van der Waals surface area contributed by atoms with Crippen LogP contribution in [0.5, 0.6) is 0 Å². The molecule has 5 heteroatoms. The summed E-state index contributed by atoms with van der Waals surface area (Å²) < 4.78 is 4.09. The normalized spacial score (nSPS) is 11.2. The molecule has 0 bridgehead atoms. The van der Waals surface area contributed by atoms with E-state index in [-0.39, 0.29) is 0 Å². The van der Waals surface area contributed by atoms with E-state index in [1.54, 1.807) is 6.20 Å². The Morgan fingerprint density at radius 3 is 2.82 bits per heavy atom. The quantitative estimate of drug-likeness (QED) is 0.817. The molecule has 1 N–H and O–H groups in total. The zero-order valence-electron chi connectivity index (χ0n) is 10.4. The van der Waals surface area contributed by atoms with E-state index in [1.807, 2.05) is 29.3 Å². The summed E-state index contributed by atoms with van der Waals surface area (Å²) in [4.78, 5) is 4.36. The third-order valence-corrected chi connectivity index (χ3v) is 2.60. The third kappa shape index (κ3) is 3.42. The summed E-state index contributed by atoms with van der Waals surface area (Å²) in [5.74, 6) is 1.07. The van der Waals surface area contributed by atoms with Crippen LogP contribution in [-0.2, 0) is 19.6 Å². The molecule has 0 aliphatic carbocycles. The van der Waals surface area contributed by atoms with Gasteiger partial charge in [0.1, 0.15) is 5.82 Å². The van der Waals surface area contributed by atoms with E-state index in [0.717, 1.165) is 25.5 Å². The predicted octanol–water partition coefficient (Wildman–Crippen LogP) is 1.28. The van der Waals surface area contributed by atoms with Crippen LogP contribution in [0.25, 0.3) is 0 Å². The van der Waals surface area contributed by atoms with Crippen LogP contribution < -0.4 is 5.32 Å². The summed E-state index contributed by atoms with van der Waals surface area (Å²) in [6.07, 6.45) is 7.64. The van der Waals surface area contributed by atoms with Crippen molar-refractivity contribution < 1.29 is 0 Å². The fourth-order valence-corrected chi connectivity index (χ4v) is 1.65. The minimum atomic E-state index is 0.478. The lowest BCUT2D eigenvalue weighted by atomic mass is 10.4. The zero-order valence-corrected chi connectivity index (χ0v) is 10.4. The van der Waals surface area contributed by atoms with Gasteiger partial charge in [-0.15, -0.1) is 0 Å². The van der Waals surface area contributed by atoms with E-state index in [0.29, 0.717) is 6.04 Å². The van der Waals surface area contributed by atoms with Gasteiger partial charge in [-0.1, -0.05) is 13.8 Å². The molecule has 0 saturated carbocycles. The van der Waals surface area contributed by atoms with Crippen LogP contribution in [0, 0.1) is 0 Å². The van der Waals surface area contributed by atoms with Crippen LogP contribution >= 0.6 is 0 Å². The van der Waals surface area contributed by atoms with Crippen molar-refractivity contribution in [2.45, 2.75) is 39.5 Å². The second-order valence-corrected chi connectivity index (χ2v) is 4.34. The van der Waals surface area contributed by atoms with Gasteiger partial charge in [-0.25, -0.2) is 4.98 Å². The Kier molecular flexibility index (Phi) is 3.93. The van der Waals surface area contributed by atoms with Crippen molar-refractivity contribution in [3.63, 3.8) is 0 Å². The number of hydrogen-bond acceptors (Lipinski definition) is 3. The maximum atomic E-state index is 4.36. The summed E-state index contributed by atoms with van der Waals surface area (Å²) in [7, 11) is 0. The summed E-state index contributed by atoms with van der Waals surface area (Å²) >= 11 is 0. The monoisotopic (exact) mass is 233 g/mol. The van der Waals surface area contributed by atoms with E-state index in [4.69, 9.17) is 0 Å². The number of imidazole rings is 1. The largest absolute Gasteiger partial charge is 0.332 e. The lowest BCUT2D eigenvalue weighted by molar-refractivity contribution is 0.498. The molecule has 0 amide bonds. The highest BCUT2D eigenvalue weighted by molar-refractivity contribution is 4.92. The van der Waals surface area contributed by atoms with E-state index in [2.05, 4.69) is 33.8 Å². The molecule has 2 aromatic rings. The van der Waals surface area contributed by atoms with Gasteiger partial charge in [-0.3, -0.25) is 4.68 Å². The summed E-state index contributed by atoms with van der Waals surface area (Å²) in [6.45, 7) is 6.85. The van der Waals surface area contributed by atoms with Gasteiger partial charge < -0.3 is 9.88 Å². The second kappa shape index (κ2) is 5.63. The van der Waals surface area contributed by atoms with E-state index >= 15 is 0 Å². The molecule has 17 heavy (non-hydrogen) atoms. The lowest BCUT2D eigenvalue weighted by Crippen LogP contribution is -2.24. The van der Waals surface area contributed by atoms with Gasteiger partial charge in [0.2, 0.25) is 0 Å². The Bertz CT molecular complexity index is 429. The molecule has 0 fully saturated rings. The smallest absolute Gasteiger partial charge is 0.122 e. The van der Waals surface area contributed by atoms with Gasteiger partial charge in [0.15, 0.2) is 0 Å². The maximum Gasteiger partial charge on any atom is 0.122 e. The van der Waals surface area contributed by atoms with Gasteiger partial charge in [-0.05, 0) is 6.07 Å².